The average Bonchev–Trinajstić information content (AvgIpc) is 2.99. The summed E-state index contributed by atoms with van der Waals surface area (Å²) in [4.78, 5) is 4.20. The van der Waals surface area contributed by atoms with Crippen LogP contribution in [-0.2, 0) is 9.47 Å². The van der Waals surface area contributed by atoms with Gasteiger partial charge in [0.25, 0.3) is 5.89 Å². The second kappa shape index (κ2) is 5.60. The van der Waals surface area contributed by atoms with Crippen LogP contribution in [0.1, 0.15) is 26.0 Å². The highest BCUT2D eigenvalue weighted by Crippen LogP contribution is 2.21. The Kier molecular flexibility index (Phi) is 3.89. The van der Waals surface area contributed by atoms with Crippen LogP contribution < -0.4 is 0 Å². The molecule has 92 valence electrons. The summed E-state index contributed by atoms with van der Waals surface area (Å²) < 4.78 is 20.8. The Bertz CT molecular complexity index is 432. The average molecular weight is 238 g/mol. The van der Waals surface area contributed by atoms with Gasteiger partial charge in [0, 0.05) is 13.2 Å². The van der Waals surface area contributed by atoms with Crippen LogP contribution >= 0.6 is 0 Å². The summed E-state index contributed by atoms with van der Waals surface area (Å²) in [6.07, 6.45) is 2.48. The van der Waals surface area contributed by atoms with Gasteiger partial charge in [0.2, 0.25) is 12.1 Å². The van der Waals surface area contributed by atoms with E-state index in [2.05, 4.69) is 10.1 Å². The fourth-order valence-corrected chi connectivity index (χ4v) is 1.33. The number of hydrogen-bond donors (Lipinski definition) is 0. The highest BCUT2D eigenvalue weighted by molar-refractivity contribution is 5.51. The van der Waals surface area contributed by atoms with Crippen LogP contribution in [-0.4, -0.2) is 23.4 Å². The molecule has 2 rings (SSSR count). The molecule has 0 radical (unpaired) electrons. The molecule has 0 saturated heterocycles. The third-order valence-electron chi connectivity index (χ3n) is 2.06. The van der Waals surface area contributed by atoms with Gasteiger partial charge in [-0.25, -0.2) is 0 Å². The topological polar surface area (TPSA) is 70.5 Å². The van der Waals surface area contributed by atoms with Crippen molar-refractivity contribution in [3.63, 3.8) is 0 Å². The van der Waals surface area contributed by atoms with E-state index in [0.717, 1.165) is 5.56 Å². The predicted octanol–water partition coefficient (Wildman–Crippen LogP) is 2.40. The van der Waals surface area contributed by atoms with Crippen molar-refractivity contribution in [2.45, 2.75) is 20.1 Å². The quantitative estimate of drug-likeness (QED) is 0.719. The normalized spacial score (nSPS) is 11.2. The summed E-state index contributed by atoms with van der Waals surface area (Å²) in [7, 11) is 0. The van der Waals surface area contributed by atoms with Gasteiger partial charge in [0.15, 0.2) is 0 Å². The molecule has 0 unspecified atom stereocenters. The molecule has 0 bridgehead atoms. The molecule has 0 amide bonds. The van der Waals surface area contributed by atoms with E-state index in [9.17, 15) is 0 Å². The van der Waals surface area contributed by atoms with Gasteiger partial charge in [-0.15, -0.1) is 0 Å². The van der Waals surface area contributed by atoms with Crippen LogP contribution in [0.4, 0.5) is 0 Å². The molecule has 0 aliphatic carbocycles. The minimum absolute atomic E-state index is 0.310. The Hall–Kier alpha value is -1.66. The van der Waals surface area contributed by atoms with E-state index in [1.54, 1.807) is 18.6 Å². The smallest absolute Gasteiger partial charge is 0.283 e. The molecule has 0 fully saturated rings. The van der Waals surface area contributed by atoms with Crippen molar-refractivity contribution in [3.8, 4) is 11.4 Å². The van der Waals surface area contributed by atoms with E-state index < -0.39 is 6.29 Å². The Morgan fingerprint density at radius 1 is 1.29 bits per heavy atom. The van der Waals surface area contributed by atoms with Crippen molar-refractivity contribution >= 4 is 0 Å². The van der Waals surface area contributed by atoms with E-state index >= 15 is 0 Å². The largest absolute Gasteiger partial charge is 0.472 e. The highest BCUT2D eigenvalue weighted by atomic mass is 16.7. The maximum absolute atomic E-state index is 5.36. The monoisotopic (exact) mass is 238 g/mol. The van der Waals surface area contributed by atoms with E-state index in [1.165, 1.54) is 0 Å². The van der Waals surface area contributed by atoms with Gasteiger partial charge in [0.1, 0.15) is 6.26 Å². The molecule has 2 heterocycles. The molecule has 2 aromatic heterocycles. The lowest BCUT2D eigenvalue weighted by Gasteiger charge is -2.11. The number of aromatic nitrogens is 2. The van der Waals surface area contributed by atoms with E-state index in [0.29, 0.717) is 24.9 Å². The van der Waals surface area contributed by atoms with Crippen LogP contribution in [0.25, 0.3) is 11.4 Å². The van der Waals surface area contributed by atoms with Crippen molar-refractivity contribution in [2.75, 3.05) is 13.2 Å². The van der Waals surface area contributed by atoms with Gasteiger partial charge in [-0.2, -0.15) is 4.98 Å². The molecular formula is C11H14N2O4. The summed E-state index contributed by atoms with van der Waals surface area (Å²) in [6.45, 7) is 4.76. The molecule has 0 aliphatic rings. The lowest BCUT2D eigenvalue weighted by molar-refractivity contribution is -0.155. The minimum Gasteiger partial charge on any atom is -0.472 e. The van der Waals surface area contributed by atoms with Gasteiger partial charge in [-0.3, -0.25) is 0 Å². The number of furan rings is 1. The van der Waals surface area contributed by atoms with Crippen molar-refractivity contribution in [2.24, 2.45) is 0 Å². The van der Waals surface area contributed by atoms with Crippen LogP contribution in [0.3, 0.4) is 0 Å². The van der Waals surface area contributed by atoms with Crippen LogP contribution in [0, 0.1) is 0 Å². The first-order valence-corrected chi connectivity index (χ1v) is 5.44. The molecule has 2 aromatic rings. The van der Waals surface area contributed by atoms with Crippen LogP contribution in [0.5, 0.6) is 0 Å². The van der Waals surface area contributed by atoms with Gasteiger partial charge in [0.05, 0.1) is 11.8 Å². The second-order valence-corrected chi connectivity index (χ2v) is 3.21. The van der Waals surface area contributed by atoms with Crippen molar-refractivity contribution in [1.29, 1.82) is 0 Å². The van der Waals surface area contributed by atoms with Gasteiger partial charge in [-0.1, -0.05) is 5.16 Å². The third-order valence-corrected chi connectivity index (χ3v) is 2.06. The van der Waals surface area contributed by atoms with Crippen molar-refractivity contribution < 1.29 is 18.4 Å². The van der Waals surface area contributed by atoms with Crippen molar-refractivity contribution in [3.05, 3.63) is 24.5 Å². The molecule has 6 heteroatoms. The summed E-state index contributed by atoms with van der Waals surface area (Å²) in [5.41, 5.74) is 0.756. The molecule has 0 atom stereocenters. The van der Waals surface area contributed by atoms with Crippen LogP contribution in [0.15, 0.2) is 27.5 Å². The van der Waals surface area contributed by atoms with Gasteiger partial charge < -0.3 is 18.4 Å². The number of rotatable bonds is 6. The molecular weight excluding hydrogens is 224 g/mol. The first-order chi connectivity index (χ1) is 8.35. The van der Waals surface area contributed by atoms with E-state index in [1.807, 2.05) is 13.8 Å². The minimum atomic E-state index is -0.613. The molecule has 17 heavy (non-hydrogen) atoms. The summed E-state index contributed by atoms with van der Waals surface area (Å²) in [5.74, 6) is 0.767. The predicted molar refractivity (Wildman–Crippen MR) is 58.0 cm³/mol. The second-order valence-electron chi connectivity index (χ2n) is 3.21. The SMILES string of the molecule is CCOC(OCC)c1nc(-c2ccoc2)no1. The Morgan fingerprint density at radius 3 is 2.65 bits per heavy atom. The Balaban J connectivity index is 2.15. The first kappa shape index (κ1) is 11.8. The fraction of sp³-hybridized carbons (Fsp3) is 0.455. The number of nitrogens with zero attached hydrogens (tertiary/aromatic N) is 2. The van der Waals surface area contributed by atoms with Crippen LogP contribution in [0.2, 0.25) is 0 Å². The zero-order valence-corrected chi connectivity index (χ0v) is 9.75. The van der Waals surface area contributed by atoms with Crippen molar-refractivity contribution in [1.82, 2.24) is 10.1 Å². The highest BCUT2D eigenvalue weighted by Gasteiger charge is 2.20. The molecule has 6 nitrogen and oxygen atoms in total. The zero-order valence-electron chi connectivity index (χ0n) is 9.75. The Labute approximate surface area is 98.5 Å². The molecule has 0 spiro atoms. The first-order valence-electron chi connectivity index (χ1n) is 5.44. The lowest BCUT2D eigenvalue weighted by Crippen LogP contribution is -2.09. The molecule has 0 N–H and O–H groups in total. The van der Waals surface area contributed by atoms with Gasteiger partial charge >= 0.3 is 0 Å². The van der Waals surface area contributed by atoms with E-state index in [4.69, 9.17) is 18.4 Å². The maximum Gasteiger partial charge on any atom is 0.283 e. The Morgan fingerprint density at radius 2 is 2.06 bits per heavy atom. The third kappa shape index (κ3) is 2.72. The molecule has 0 saturated carbocycles. The van der Waals surface area contributed by atoms with Gasteiger partial charge in [-0.05, 0) is 19.9 Å². The summed E-state index contributed by atoms with van der Waals surface area (Å²) in [5, 5.41) is 3.84. The number of hydrogen-bond acceptors (Lipinski definition) is 6. The summed E-state index contributed by atoms with van der Waals surface area (Å²) >= 11 is 0. The fourth-order valence-electron chi connectivity index (χ4n) is 1.33. The standard InChI is InChI=1S/C11H14N2O4/c1-3-15-11(16-4-2)10-12-9(13-17-10)8-5-6-14-7-8/h5-7,11H,3-4H2,1-2H3. The lowest BCUT2D eigenvalue weighted by atomic mass is 10.3. The molecule has 0 aromatic carbocycles. The summed E-state index contributed by atoms with van der Waals surface area (Å²) in [6, 6.07) is 1.75. The maximum atomic E-state index is 5.36. The zero-order chi connectivity index (χ0) is 12.1. The van der Waals surface area contributed by atoms with E-state index in [-0.39, 0.29) is 0 Å². The molecule has 0 aliphatic heterocycles. The number of ether oxygens (including phenoxy) is 2.